The molecule has 1 N–H and O–H groups in total. The first-order valence-electron chi connectivity index (χ1n) is 22.6. The van der Waals surface area contributed by atoms with Gasteiger partial charge in [-0.1, -0.05) is 120 Å². The Balaban J connectivity index is 1.10. The Kier molecular flexibility index (Phi) is 13.2. The van der Waals surface area contributed by atoms with E-state index in [0.717, 1.165) is 23.9 Å². The monoisotopic (exact) mass is 713 g/mol. The molecule has 0 radical (unpaired) electrons. The Labute approximate surface area is 317 Å². The van der Waals surface area contributed by atoms with Crippen molar-refractivity contribution in [1.29, 1.82) is 0 Å². The van der Waals surface area contributed by atoms with E-state index in [1.54, 1.807) is 0 Å². The molecule has 0 amide bonds. The number of aliphatic hydroxyl groups excluding tert-OH is 1. The van der Waals surface area contributed by atoms with Crippen LogP contribution in [0, 0.1) is 56.7 Å². The molecular weight excluding hydrogens is 627 g/mol. The first-order chi connectivity index (χ1) is 23.9. The number of rotatable bonds is 16. The van der Waals surface area contributed by atoms with Crippen LogP contribution >= 0.6 is 0 Å². The smallest absolute Gasteiger partial charge is 0.362 e. The predicted molar refractivity (Wildman–Crippen MR) is 214 cm³/mol. The standard InChI is InChI=1S/C47H86NO3/c1-11-12-13-14-15-16-17-18-19-20-21-22-33-48(9,10)34-40(49)51-38-26-27-45(6)36(35(38)2)25-28-47(8)39(45)24-23-37-41-42(50)43(3,4)29-30-44(41,5)31-32-46(37,47)7/h35-39,41-42,50H,11-34H2,1-10H3/q+1/t35?,36?,37?,38?,39?,41?,42?,44?,45?,46-,47?/m1/s1. The lowest BCUT2D eigenvalue weighted by Crippen LogP contribution is -2.67. The van der Waals surface area contributed by atoms with Crippen molar-refractivity contribution in [3.05, 3.63) is 0 Å². The summed E-state index contributed by atoms with van der Waals surface area (Å²) in [7, 11) is 4.45. The summed E-state index contributed by atoms with van der Waals surface area (Å²) >= 11 is 0. The van der Waals surface area contributed by atoms with Gasteiger partial charge in [-0.05, 0) is 134 Å². The van der Waals surface area contributed by atoms with Gasteiger partial charge in [-0.3, -0.25) is 0 Å². The minimum absolute atomic E-state index is 0.0206. The van der Waals surface area contributed by atoms with Crippen molar-refractivity contribution in [3.8, 4) is 0 Å². The molecule has 0 aliphatic heterocycles. The van der Waals surface area contributed by atoms with Gasteiger partial charge >= 0.3 is 5.97 Å². The van der Waals surface area contributed by atoms with E-state index >= 15 is 0 Å². The number of hydrogen-bond acceptors (Lipinski definition) is 3. The number of unbranched alkanes of at least 4 members (excludes halogenated alkanes) is 11. The van der Waals surface area contributed by atoms with Crippen LogP contribution < -0.4 is 0 Å². The quantitative estimate of drug-likeness (QED) is 0.0984. The number of quaternary nitrogens is 1. The highest BCUT2D eigenvalue weighted by Crippen LogP contribution is 2.76. The van der Waals surface area contributed by atoms with Crippen LogP contribution in [0.15, 0.2) is 0 Å². The van der Waals surface area contributed by atoms with Crippen molar-refractivity contribution in [3.63, 3.8) is 0 Å². The summed E-state index contributed by atoms with van der Waals surface area (Å²) in [5.41, 5.74) is 1.21. The van der Waals surface area contributed by atoms with Crippen LogP contribution in [0.25, 0.3) is 0 Å². The molecule has 5 saturated carbocycles. The highest BCUT2D eigenvalue weighted by molar-refractivity contribution is 5.70. The number of fused-ring (bicyclic) bond motifs is 7. The first-order valence-corrected chi connectivity index (χ1v) is 22.6. The average Bonchev–Trinajstić information content (AvgIpc) is 3.05. The van der Waals surface area contributed by atoms with Gasteiger partial charge in [0.15, 0.2) is 6.54 Å². The van der Waals surface area contributed by atoms with E-state index in [1.165, 1.54) is 128 Å². The highest BCUT2D eigenvalue weighted by Gasteiger charge is 2.69. The van der Waals surface area contributed by atoms with Gasteiger partial charge in [0.2, 0.25) is 0 Å². The molecule has 51 heavy (non-hydrogen) atoms. The Morgan fingerprint density at radius 1 is 0.686 bits per heavy atom. The van der Waals surface area contributed by atoms with Gasteiger partial charge < -0.3 is 14.3 Å². The summed E-state index contributed by atoms with van der Waals surface area (Å²) in [6.07, 6.45) is 28.7. The van der Waals surface area contributed by atoms with Crippen LogP contribution in [0.2, 0.25) is 0 Å². The lowest BCUT2D eigenvalue weighted by Gasteiger charge is -2.73. The lowest BCUT2D eigenvalue weighted by atomic mass is 9.32. The van der Waals surface area contributed by atoms with Crippen LogP contribution in [0.5, 0.6) is 0 Å². The molecule has 0 aromatic heterocycles. The molecule has 0 saturated heterocycles. The molecule has 296 valence electrons. The number of likely N-dealkylation sites (N-methyl/N-ethyl adjacent to an activating group) is 1. The largest absolute Gasteiger partial charge is 0.458 e. The molecule has 5 aliphatic rings. The zero-order chi connectivity index (χ0) is 37.3. The third kappa shape index (κ3) is 8.33. The second-order valence-electron chi connectivity index (χ2n) is 22.0. The van der Waals surface area contributed by atoms with Crippen molar-refractivity contribution in [2.24, 2.45) is 56.7 Å². The van der Waals surface area contributed by atoms with E-state index in [9.17, 15) is 9.90 Å². The number of esters is 1. The van der Waals surface area contributed by atoms with E-state index in [4.69, 9.17) is 4.74 Å². The fourth-order valence-electron chi connectivity index (χ4n) is 14.1. The van der Waals surface area contributed by atoms with Gasteiger partial charge in [-0.25, -0.2) is 4.79 Å². The number of nitrogens with zero attached hydrogens (tertiary/aromatic N) is 1. The Hall–Kier alpha value is -0.610. The maximum Gasteiger partial charge on any atom is 0.362 e. The second-order valence-corrected chi connectivity index (χ2v) is 22.0. The van der Waals surface area contributed by atoms with E-state index in [2.05, 4.69) is 69.5 Å². The van der Waals surface area contributed by atoms with Crippen molar-refractivity contribution < 1.29 is 19.1 Å². The molecule has 0 aromatic carbocycles. The van der Waals surface area contributed by atoms with Crippen LogP contribution in [0.4, 0.5) is 0 Å². The molecule has 0 aromatic rings. The van der Waals surface area contributed by atoms with Gasteiger partial charge in [-0.15, -0.1) is 0 Å². The van der Waals surface area contributed by atoms with Gasteiger partial charge in [-0.2, -0.15) is 0 Å². The Morgan fingerprint density at radius 2 is 1.27 bits per heavy atom. The number of ether oxygens (including phenoxy) is 1. The van der Waals surface area contributed by atoms with Gasteiger partial charge in [0.25, 0.3) is 0 Å². The maximum absolute atomic E-state index is 13.5. The molecule has 4 nitrogen and oxygen atoms in total. The molecule has 11 atom stereocenters. The Morgan fingerprint density at radius 3 is 1.90 bits per heavy atom. The van der Waals surface area contributed by atoms with Gasteiger partial charge in [0.1, 0.15) is 6.10 Å². The predicted octanol–water partition coefficient (Wildman–Crippen LogP) is 12.2. The fourth-order valence-corrected chi connectivity index (χ4v) is 14.1. The Bertz CT molecular complexity index is 1150. The van der Waals surface area contributed by atoms with Crippen LogP contribution in [0.3, 0.4) is 0 Å². The molecule has 4 heteroatoms. The number of aliphatic hydroxyl groups is 1. The fraction of sp³-hybridized carbons (Fsp3) is 0.979. The first kappa shape index (κ1) is 41.6. The summed E-state index contributed by atoms with van der Waals surface area (Å²) in [4.78, 5) is 13.5. The van der Waals surface area contributed by atoms with E-state index in [0.29, 0.717) is 52.4 Å². The number of hydrogen-bond donors (Lipinski definition) is 1. The molecule has 0 bridgehead atoms. The molecule has 5 aliphatic carbocycles. The summed E-state index contributed by atoms with van der Waals surface area (Å²) in [5, 5.41) is 12.0. The normalized spacial score (nSPS) is 41.9. The summed E-state index contributed by atoms with van der Waals surface area (Å²) in [6.45, 7) is 21.5. The van der Waals surface area contributed by atoms with Crippen molar-refractivity contribution in [2.45, 2.75) is 209 Å². The minimum Gasteiger partial charge on any atom is -0.458 e. The molecule has 5 rings (SSSR count). The molecule has 0 heterocycles. The van der Waals surface area contributed by atoms with Gasteiger partial charge in [0.05, 0.1) is 26.7 Å². The zero-order valence-corrected chi connectivity index (χ0v) is 35.7. The van der Waals surface area contributed by atoms with E-state index < -0.39 is 0 Å². The zero-order valence-electron chi connectivity index (χ0n) is 35.7. The number of carbonyl (C=O) groups excluding carboxylic acids is 1. The summed E-state index contributed by atoms with van der Waals surface area (Å²) in [5.74, 6) is 2.84. The van der Waals surface area contributed by atoms with Crippen molar-refractivity contribution in [1.82, 2.24) is 0 Å². The third-order valence-corrected chi connectivity index (χ3v) is 17.9. The molecular formula is C47H86NO3+. The van der Waals surface area contributed by atoms with Crippen LogP contribution in [0.1, 0.15) is 197 Å². The van der Waals surface area contributed by atoms with Crippen molar-refractivity contribution >= 4 is 5.97 Å². The minimum atomic E-state index is -0.189. The SMILES string of the molecule is CCCCCCCCCCCCCC[N+](C)(C)CC(=O)OC1CCC2(C)C(CCC3(C)C2CCC2C4C(O)C(C)(C)CCC4(C)CC[C@]23C)C1C. The van der Waals surface area contributed by atoms with E-state index in [-0.39, 0.29) is 29.0 Å². The van der Waals surface area contributed by atoms with Crippen molar-refractivity contribution in [2.75, 3.05) is 27.2 Å². The number of carbonyl (C=O) groups is 1. The summed E-state index contributed by atoms with van der Waals surface area (Å²) < 4.78 is 7.17. The molecule has 0 spiro atoms. The van der Waals surface area contributed by atoms with Gasteiger partial charge in [0, 0.05) is 0 Å². The maximum atomic E-state index is 13.5. The molecule has 10 unspecified atom stereocenters. The second kappa shape index (κ2) is 16.2. The third-order valence-electron chi connectivity index (χ3n) is 17.9. The van der Waals surface area contributed by atoms with E-state index in [1.807, 2.05) is 0 Å². The lowest BCUT2D eigenvalue weighted by molar-refractivity contribution is -0.883. The highest BCUT2D eigenvalue weighted by atomic mass is 16.5. The molecule has 5 fully saturated rings. The van der Waals surface area contributed by atoms with Crippen LogP contribution in [-0.4, -0.2) is 55.0 Å². The summed E-state index contributed by atoms with van der Waals surface area (Å²) in [6, 6.07) is 0. The van der Waals surface area contributed by atoms with Crippen LogP contribution in [-0.2, 0) is 9.53 Å². The topological polar surface area (TPSA) is 46.5 Å². The average molecular weight is 713 g/mol.